The van der Waals surface area contributed by atoms with Crippen molar-refractivity contribution in [3.8, 4) is 0 Å². The number of hydrogen-bond donors (Lipinski definition) is 1. The predicted octanol–water partition coefficient (Wildman–Crippen LogP) is 1.43. The fourth-order valence-electron chi connectivity index (χ4n) is 1.74. The largest absolute Gasteiger partial charge is 0.378 e. The van der Waals surface area contributed by atoms with E-state index in [9.17, 15) is 4.79 Å². The molecule has 1 aromatic heterocycles. The maximum absolute atomic E-state index is 11.6. The van der Waals surface area contributed by atoms with E-state index in [0.717, 1.165) is 25.9 Å². The van der Waals surface area contributed by atoms with Crippen molar-refractivity contribution in [2.75, 3.05) is 13.2 Å². The Kier molecular flexibility index (Phi) is 4.28. The standard InChI is InChI=1S/C11H14ClN3O2/c12-10-7-14-9(6-15-10)11(16)13-4-3-8-2-1-5-17-8/h6-8H,1-5H2,(H,13,16). The minimum atomic E-state index is -0.229. The molecule has 1 aliphatic rings. The average Bonchev–Trinajstić information content (AvgIpc) is 2.83. The summed E-state index contributed by atoms with van der Waals surface area (Å²) in [6.07, 6.45) is 6.04. The highest BCUT2D eigenvalue weighted by Gasteiger charge is 2.15. The number of nitrogens with one attached hydrogen (secondary N) is 1. The molecule has 17 heavy (non-hydrogen) atoms. The zero-order valence-electron chi connectivity index (χ0n) is 9.36. The molecule has 1 fully saturated rings. The molecule has 0 bridgehead atoms. The molecule has 2 rings (SSSR count). The van der Waals surface area contributed by atoms with Gasteiger partial charge in [0.2, 0.25) is 0 Å². The summed E-state index contributed by atoms with van der Waals surface area (Å²) >= 11 is 5.58. The molecule has 5 nitrogen and oxygen atoms in total. The number of nitrogens with zero attached hydrogens (tertiary/aromatic N) is 2. The van der Waals surface area contributed by atoms with Crippen molar-refractivity contribution in [1.82, 2.24) is 15.3 Å². The smallest absolute Gasteiger partial charge is 0.271 e. The summed E-state index contributed by atoms with van der Waals surface area (Å²) in [5.74, 6) is -0.229. The topological polar surface area (TPSA) is 64.1 Å². The molecular formula is C11H14ClN3O2. The second-order valence-corrected chi connectivity index (χ2v) is 4.29. The average molecular weight is 256 g/mol. The van der Waals surface area contributed by atoms with Gasteiger partial charge in [-0.3, -0.25) is 4.79 Å². The van der Waals surface area contributed by atoms with Crippen LogP contribution in [0.4, 0.5) is 0 Å². The minimum absolute atomic E-state index is 0.229. The van der Waals surface area contributed by atoms with E-state index >= 15 is 0 Å². The highest BCUT2D eigenvalue weighted by molar-refractivity contribution is 6.29. The van der Waals surface area contributed by atoms with Crippen LogP contribution in [0.1, 0.15) is 29.8 Å². The van der Waals surface area contributed by atoms with E-state index in [1.54, 1.807) is 0 Å². The van der Waals surface area contributed by atoms with Crippen molar-refractivity contribution in [1.29, 1.82) is 0 Å². The number of rotatable bonds is 4. The summed E-state index contributed by atoms with van der Waals surface area (Å²) in [7, 11) is 0. The maximum atomic E-state index is 11.6. The molecule has 0 spiro atoms. The Morgan fingerprint density at radius 3 is 3.06 bits per heavy atom. The molecule has 1 unspecified atom stereocenters. The fourth-order valence-corrected chi connectivity index (χ4v) is 1.84. The van der Waals surface area contributed by atoms with Crippen LogP contribution in [-0.4, -0.2) is 35.1 Å². The van der Waals surface area contributed by atoms with Gasteiger partial charge in [-0.25, -0.2) is 9.97 Å². The Bertz CT molecular complexity index is 377. The second kappa shape index (κ2) is 5.93. The van der Waals surface area contributed by atoms with Crippen molar-refractivity contribution in [3.63, 3.8) is 0 Å². The summed E-state index contributed by atoms with van der Waals surface area (Å²) in [6, 6.07) is 0. The van der Waals surface area contributed by atoms with Crippen molar-refractivity contribution in [2.45, 2.75) is 25.4 Å². The number of carbonyl (C=O) groups excluding carboxylic acids is 1. The molecule has 92 valence electrons. The lowest BCUT2D eigenvalue weighted by Crippen LogP contribution is -2.27. The summed E-state index contributed by atoms with van der Waals surface area (Å²) < 4.78 is 5.46. The van der Waals surface area contributed by atoms with Gasteiger partial charge >= 0.3 is 0 Å². The molecule has 1 amide bonds. The van der Waals surface area contributed by atoms with Crippen LogP contribution in [0, 0.1) is 0 Å². The van der Waals surface area contributed by atoms with Gasteiger partial charge in [-0.1, -0.05) is 11.6 Å². The van der Waals surface area contributed by atoms with Crippen molar-refractivity contribution < 1.29 is 9.53 Å². The van der Waals surface area contributed by atoms with Gasteiger partial charge in [0.25, 0.3) is 5.91 Å². The Labute approximate surface area is 105 Å². The van der Waals surface area contributed by atoms with E-state index in [4.69, 9.17) is 16.3 Å². The van der Waals surface area contributed by atoms with Crippen LogP contribution in [0.5, 0.6) is 0 Å². The molecule has 0 saturated carbocycles. The number of hydrogen-bond acceptors (Lipinski definition) is 4. The van der Waals surface area contributed by atoms with Crippen molar-refractivity contribution in [2.24, 2.45) is 0 Å². The molecule has 2 heterocycles. The molecule has 0 radical (unpaired) electrons. The van der Waals surface area contributed by atoms with Crippen LogP contribution < -0.4 is 5.32 Å². The number of aromatic nitrogens is 2. The molecule has 6 heteroatoms. The van der Waals surface area contributed by atoms with Gasteiger partial charge in [-0.15, -0.1) is 0 Å². The molecule has 1 saturated heterocycles. The normalized spacial score (nSPS) is 19.2. The van der Waals surface area contributed by atoms with Gasteiger partial charge in [0, 0.05) is 13.2 Å². The van der Waals surface area contributed by atoms with Crippen LogP contribution in [0.25, 0.3) is 0 Å². The van der Waals surface area contributed by atoms with E-state index < -0.39 is 0 Å². The van der Waals surface area contributed by atoms with E-state index in [2.05, 4.69) is 15.3 Å². The third-order valence-corrected chi connectivity index (χ3v) is 2.82. The van der Waals surface area contributed by atoms with Crippen LogP contribution in [0.2, 0.25) is 5.15 Å². The Hall–Kier alpha value is -1.20. The number of carbonyl (C=O) groups is 1. The number of halogens is 1. The Morgan fingerprint density at radius 1 is 1.53 bits per heavy atom. The van der Waals surface area contributed by atoms with Gasteiger partial charge in [0.1, 0.15) is 10.8 Å². The minimum Gasteiger partial charge on any atom is -0.378 e. The lowest BCUT2D eigenvalue weighted by atomic mass is 10.2. The van der Waals surface area contributed by atoms with E-state index in [1.165, 1.54) is 12.4 Å². The highest BCUT2D eigenvalue weighted by Crippen LogP contribution is 2.14. The second-order valence-electron chi connectivity index (χ2n) is 3.90. The summed E-state index contributed by atoms with van der Waals surface area (Å²) in [6.45, 7) is 1.43. The number of amides is 1. The zero-order valence-corrected chi connectivity index (χ0v) is 10.1. The van der Waals surface area contributed by atoms with Crippen molar-refractivity contribution >= 4 is 17.5 Å². The molecule has 1 atom stereocenters. The summed E-state index contributed by atoms with van der Waals surface area (Å²) in [4.78, 5) is 19.3. The van der Waals surface area contributed by atoms with Crippen LogP contribution in [0.15, 0.2) is 12.4 Å². The van der Waals surface area contributed by atoms with Gasteiger partial charge in [0.15, 0.2) is 0 Å². The molecule has 1 aromatic rings. The third-order valence-electron chi connectivity index (χ3n) is 2.63. The quantitative estimate of drug-likeness (QED) is 0.884. The van der Waals surface area contributed by atoms with E-state index in [1.807, 2.05) is 0 Å². The molecule has 1 aliphatic heterocycles. The van der Waals surface area contributed by atoms with Gasteiger partial charge < -0.3 is 10.1 Å². The van der Waals surface area contributed by atoms with Crippen LogP contribution in [-0.2, 0) is 4.74 Å². The molecule has 0 aromatic carbocycles. The van der Waals surface area contributed by atoms with Gasteiger partial charge in [-0.05, 0) is 19.3 Å². The first-order chi connectivity index (χ1) is 8.25. The summed E-state index contributed by atoms with van der Waals surface area (Å²) in [5.41, 5.74) is 0.279. The maximum Gasteiger partial charge on any atom is 0.271 e. The predicted molar refractivity (Wildman–Crippen MR) is 63.0 cm³/mol. The highest BCUT2D eigenvalue weighted by atomic mass is 35.5. The first kappa shape index (κ1) is 12.3. The molecule has 1 N–H and O–H groups in total. The Morgan fingerprint density at radius 2 is 2.41 bits per heavy atom. The van der Waals surface area contributed by atoms with Crippen molar-refractivity contribution in [3.05, 3.63) is 23.2 Å². The molecular weight excluding hydrogens is 242 g/mol. The van der Waals surface area contributed by atoms with Gasteiger partial charge in [-0.2, -0.15) is 0 Å². The number of ether oxygens (including phenoxy) is 1. The van der Waals surface area contributed by atoms with Crippen LogP contribution >= 0.6 is 11.6 Å². The first-order valence-electron chi connectivity index (χ1n) is 5.63. The lowest BCUT2D eigenvalue weighted by Gasteiger charge is -2.09. The van der Waals surface area contributed by atoms with E-state index in [0.29, 0.717) is 6.54 Å². The third kappa shape index (κ3) is 3.64. The Balaban J connectivity index is 1.75. The fraction of sp³-hybridized carbons (Fsp3) is 0.545. The van der Waals surface area contributed by atoms with Gasteiger partial charge in [0.05, 0.1) is 18.5 Å². The lowest BCUT2D eigenvalue weighted by molar-refractivity contribution is 0.0903. The zero-order chi connectivity index (χ0) is 12.1. The molecule has 0 aliphatic carbocycles. The van der Waals surface area contributed by atoms with Crippen LogP contribution in [0.3, 0.4) is 0 Å². The monoisotopic (exact) mass is 255 g/mol. The SMILES string of the molecule is O=C(NCCC1CCCO1)c1cnc(Cl)cn1. The van der Waals surface area contributed by atoms with E-state index in [-0.39, 0.29) is 22.9 Å². The first-order valence-corrected chi connectivity index (χ1v) is 6.01. The summed E-state index contributed by atoms with van der Waals surface area (Å²) in [5, 5.41) is 3.06.